The summed E-state index contributed by atoms with van der Waals surface area (Å²) in [5.41, 5.74) is 2.23. The Labute approximate surface area is 214 Å². The third-order valence-corrected chi connectivity index (χ3v) is 6.16. The largest absolute Gasteiger partial charge is 0.494 e. The topological polar surface area (TPSA) is 53.5 Å². The van der Waals surface area contributed by atoms with Crippen LogP contribution in [0.3, 0.4) is 0 Å². The molecule has 0 spiro atoms. The van der Waals surface area contributed by atoms with Crippen molar-refractivity contribution in [1.82, 2.24) is 9.97 Å². The minimum atomic E-state index is 0.698. The van der Waals surface area contributed by atoms with E-state index in [0.29, 0.717) is 13.2 Å². The van der Waals surface area contributed by atoms with Gasteiger partial charge in [0.25, 0.3) is 0 Å². The Kier molecular flexibility index (Phi) is 16.9. The van der Waals surface area contributed by atoms with Crippen LogP contribution in [-0.4, -0.2) is 43.0 Å². The number of hydrogen-bond acceptors (Lipinski definition) is 5. The summed E-state index contributed by atoms with van der Waals surface area (Å²) in [6.45, 7) is 8.05. The van der Waals surface area contributed by atoms with Crippen molar-refractivity contribution in [2.24, 2.45) is 0 Å². The van der Waals surface area contributed by atoms with E-state index >= 15 is 0 Å². The summed E-state index contributed by atoms with van der Waals surface area (Å²) in [6, 6.07) is 8.15. The molecule has 0 amide bonds. The molecule has 5 heteroatoms. The second kappa shape index (κ2) is 20.2. The van der Waals surface area contributed by atoms with Gasteiger partial charge < -0.3 is 14.2 Å². The number of ether oxygens (including phenoxy) is 3. The number of rotatable bonds is 22. The predicted molar refractivity (Wildman–Crippen MR) is 145 cm³/mol. The highest BCUT2D eigenvalue weighted by Gasteiger charge is 2.03. The Balaban J connectivity index is 1.55. The van der Waals surface area contributed by atoms with Crippen molar-refractivity contribution in [3.05, 3.63) is 42.2 Å². The lowest BCUT2D eigenvalue weighted by atomic mass is 10.1. The zero-order valence-corrected chi connectivity index (χ0v) is 22.3. The predicted octanol–water partition coefficient (Wildman–Crippen LogP) is 7.82. The lowest BCUT2D eigenvalue weighted by Gasteiger charge is -2.08. The Hall–Kier alpha value is -1.98. The number of nitrogens with zero attached hydrogens (tertiary/aromatic N) is 2. The van der Waals surface area contributed by atoms with Gasteiger partial charge in [0.15, 0.2) is 5.82 Å². The van der Waals surface area contributed by atoms with Gasteiger partial charge in [0.2, 0.25) is 0 Å². The summed E-state index contributed by atoms with van der Waals surface area (Å²) in [5.74, 6) is 1.69. The zero-order valence-electron chi connectivity index (χ0n) is 22.3. The molecule has 35 heavy (non-hydrogen) atoms. The summed E-state index contributed by atoms with van der Waals surface area (Å²) >= 11 is 0. The van der Waals surface area contributed by atoms with Gasteiger partial charge in [-0.05, 0) is 62.4 Å². The van der Waals surface area contributed by atoms with Crippen LogP contribution in [0.4, 0.5) is 0 Å². The van der Waals surface area contributed by atoms with Crippen molar-refractivity contribution < 1.29 is 14.2 Å². The third kappa shape index (κ3) is 14.2. The van der Waals surface area contributed by atoms with E-state index in [9.17, 15) is 0 Å². The number of hydrogen-bond donors (Lipinski definition) is 0. The van der Waals surface area contributed by atoms with Gasteiger partial charge in [0.05, 0.1) is 19.8 Å². The van der Waals surface area contributed by atoms with Gasteiger partial charge in [0.1, 0.15) is 5.75 Å². The zero-order chi connectivity index (χ0) is 24.8. The summed E-state index contributed by atoms with van der Waals surface area (Å²) < 4.78 is 16.7. The lowest BCUT2D eigenvalue weighted by molar-refractivity contribution is 0.0513. The molecule has 0 saturated carbocycles. The molecule has 0 atom stereocenters. The van der Waals surface area contributed by atoms with Crippen molar-refractivity contribution in [2.45, 2.75) is 97.3 Å². The Morgan fingerprint density at radius 3 is 1.89 bits per heavy atom. The van der Waals surface area contributed by atoms with Crippen LogP contribution in [0, 0.1) is 0 Å². The molecule has 1 heterocycles. The van der Waals surface area contributed by atoms with Crippen LogP contribution in [0.1, 0.15) is 96.5 Å². The number of aryl methyl sites for hydroxylation is 1. The minimum Gasteiger partial charge on any atom is -0.494 e. The van der Waals surface area contributed by atoms with E-state index in [4.69, 9.17) is 14.2 Å². The summed E-state index contributed by atoms with van der Waals surface area (Å²) in [6.07, 6.45) is 20.2. The fourth-order valence-corrected chi connectivity index (χ4v) is 4.01. The van der Waals surface area contributed by atoms with E-state index in [-0.39, 0.29) is 0 Å². The maximum Gasteiger partial charge on any atom is 0.159 e. The second-order valence-corrected chi connectivity index (χ2v) is 9.24. The van der Waals surface area contributed by atoms with Gasteiger partial charge >= 0.3 is 0 Å². The van der Waals surface area contributed by atoms with E-state index in [1.54, 1.807) is 0 Å². The first-order valence-electron chi connectivity index (χ1n) is 14.0. The quantitative estimate of drug-likeness (QED) is 0.159. The van der Waals surface area contributed by atoms with Crippen molar-refractivity contribution in [2.75, 3.05) is 33.0 Å². The normalized spacial score (nSPS) is 11.1. The van der Waals surface area contributed by atoms with Crippen LogP contribution in [0.5, 0.6) is 5.75 Å². The number of aromatic nitrogens is 2. The Morgan fingerprint density at radius 1 is 0.600 bits per heavy atom. The first kappa shape index (κ1) is 29.3. The van der Waals surface area contributed by atoms with Gasteiger partial charge in [0, 0.05) is 31.2 Å². The van der Waals surface area contributed by atoms with E-state index in [0.717, 1.165) is 62.6 Å². The molecule has 0 saturated heterocycles. The smallest absolute Gasteiger partial charge is 0.159 e. The standard InChI is InChI=1S/C30H48N2O3/c1-3-5-6-7-8-9-11-15-22-35-29-19-17-28(18-20-29)30-31-25-27(26-32-30)16-13-10-12-14-21-34-24-23-33-4-2/h17-20,25-26H,3-16,21-24H2,1-2H3. The fraction of sp³-hybridized carbons (Fsp3) is 0.667. The SMILES string of the molecule is CCCCCCCCCCOc1ccc(-c2ncc(CCCCCCOCCOCC)cn2)cc1. The monoisotopic (exact) mass is 484 g/mol. The highest BCUT2D eigenvalue weighted by Crippen LogP contribution is 2.20. The Bertz CT molecular complexity index is 734. The van der Waals surface area contributed by atoms with Crippen LogP contribution in [0.15, 0.2) is 36.7 Å². The molecule has 0 unspecified atom stereocenters. The molecule has 0 bridgehead atoms. The Morgan fingerprint density at radius 2 is 1.20 bits per heavy atom. The highest BCUT2D eigenvalue weighted by molar-refractivity contribution is 5.55. The molecule has 0 N–H and O–H groups in total. The first-order valence-corrected chi connectivity index (χ1v) is 14.0. The van der Waals surface area contributed by atoms with Crippen molar-refractivity contribution >= 4 is 0 Å². The van der Waals surface area contributed by atoms with Gasteiger partial charge in [-0.15, -0.1) is 0 Å². The molecular formula is C30H48N2O3. The van der Waals surface area contributed by atoms with Crippen LogP contribution in [-0.2, 0) is 15.9 Å². The summed E-state index contributed by atoms with van der Waals surface area (Å²) in [7, 11) is 0. The maximum atomic E-state index is 5.91. The molecule has 0 aliphatic heterocycles. The third-order valence-electron chi connectivity index (χ3n) is 6.16. The summed E-state index contributed by atoms with van der Waals surface area (Å²) in [5, 5.41) is 0. The average molecular weight is 485 g/mol. The molecule has 196 valence electrons. The second-order valence-electron chi connectivity index (χ2n) is 9.24. The number of unbranched alkanes of at least 4 members (excludes halogenated alkanes) is 10. The van der Waals surface area contributed by atoms with Crippen LogP contribution in [0.25, 0.3) is 11.4 Å². The van der Waals surface area contributed by atoms with Crippen LogP contribution in [0.2, 0.25) is 0 Å². The average Bonchev–Trinajstić information content (AvgIpc) is 2.89. The molecule has 0 aliphatic carbocycles. The van der Waals surface area contributed by atoms with Gasteiger partial charge in [-0.3, -0.25) is 0 Å². The number of benzene rings is 1. The van der Waals surface area contributed by atoms with Crippen LogP contribution >= 0.6 is 0 Å². The van der Waals surface area contributed by atoms with Crippen molar-refractivity contribution in [3.63, 3.8) is 0 Å². The molecule has 2 rings (SSSR count). The van der Waals surface area contributed by atoms with E-state index < -0.39 is 0 Å². The summed E-state index contributed by atoms with van der Waals surface area (Å²) in [4.78, 5) is 9.16. The molecule has 0 aliphatic rings. The van der Waals surface area contributed by atoms with Gasteiger partial charge in [-0.25, -0.2) is 9.97 Å². The van der Waals surface area contributed by atoms with Gasteiger partial charge in [-0.1, -0.05) is 64.7 Å². The molecular weight excluding hydrogens is 436 g/mol. The van der Waals surface area contributed by atoms with Crippen molar-refractivity contribution in [3.8, 4) is 17.1 Å². The molecule has 5 nitrogen and oxygen atoms in total. The van der Waals surface area contributed by atoms with E-state index in [1.807, 2.05) is 31.5 Å². The van der Waals surface area contributed by atoms with E-state index in [1.165, 1.54) is 63.4 Å². The first-order chi connectivity index (χ1) is 17.3. The maximum absolute atomic E-state index is 5.91. The lowest BCUT2D eigenvalue weighted by Crippen LogP contribution is -2.04. The molecule has 1 aromatic carbocycles. The van der Waals surface area contributed by atoms with E-state index in [2.05, 4.69) is 29.0 Å². The molecule has 0 radical (unpaired) electrons. The molecule has 2 aromatic rings. The van der Waals surface area contributed by atoms with Crippen molar-refractivity contribution in [1.29, 1.82) is 0 Å². The molecule has 0 fully saturated rings. The highest BCUT2D eigenvalue weighted by atomic mass is 16.5. The van der Waals surface area contributed by atoms with Crippen LogP contribution < -0.4 is 4.74 Å². The molecule has 1 aromatic heterocycles. The minimum absolute atomic E-state index is 0.698. The fourth-order valence-electron chi connectivity index (χ4n) is 4.01. The van der Waals surface area contributed by atoms with Gasteiger partial charge in [-0.2, -0.15) is 0 Å².